The van der Waals surface area contributed by atoms with Gasteiger partial charge in [0, 0.05) is 36.8 Å². The first kappa shape index (κ1) is 20.6. The van der Waals surface area contributed by atoms with Gasteiger partial charge in [0.2, 0.25) is 0 Å². The minimum Gasteiger partial charge on any atom is -0.444 e. The molecule has 0 aliphatic carbocycles. The molecule has 1 aromatic carbocycles. The molecule has 0 N–H and O–H groups in total. The van der Waals surface area contributed by atoms with Crippen LogP contribution in [0.15, 0.2) is 24.3 Å². The molecule has 1 saturated heterocycles. The second-order valence-electron chi connectivity index (χ2n) is 8.38. The Morgan fingerprint density at radius 3 is 2.79 bits per heavy atom. The number of benzene rings is 1. The molecule has 7 heteroatoms. The second kappa shape index (κ2) is 8.07. The van der Waals surface area contributed by atoms with Crippen LogP contribution in [0.5, 0.6) is 0 Å². The van der Waals surface area contributed by atoms with Gasteiger partial charge in [0.25, 0.3) is 5.91 Å². The van der Waals surface area contributed by atoms with Crippen molar-refractivity contribution in [2.24, 2.45) is 5.92 Å². The summed E-state index contributed by atoms with van der Waals surface area (Å²) in [7, 11) is 1.73. The van der Waals surface area contributed by atoms with E-state index in [2.05, 4.69) is 0 Å². The molecule has 1 aliphatic heterocycles. The lowest BCUT2D eigenvalue weighted by Crippen LogP contribution is -2.44. The standard InChI is InChI=1S/C21H27FN2O3S/c1-21(2,3)27-20(26)23(4)12-14-7-6-10-24(13-14)19(25)18-11-15-16(22)8-5-9-17(15)28-18/h5,8-9,11,14H,6-7,10,12-13H2,1-4H3. The number of carbonyl (C=O) groups is 2. The molecule has 1 atom stereocenters. The number of likely N-dealkylation sites (tertiary alicyclic amines) is 1. The monoisotopic (exact) mass is 406 g/mol. The highest BCUT2D eigenvalue weighted by atomic mass is 32.1. The molecule has 0 bridgehead atoms. The van der Waals surface area contributed by atoms with E-state index in [9.17, 15) is 14.0 Å². The van der Waals surface area contributed by atoms with Crippen molar-refractivity contribution in [3.05, 3.63) is 35.0 Å². The van der Waals surface area contributed by atoms with Crippen LogP contribution in [0, 0.1) is 11.7 Å². The van der Waals surface area contributed by atoms with Crippen LogP contribution in [0.3, 0.4) is 0 Å². The zero-order valence-electron chi connectivity index (χ0n) is 16.8. The molecule has 5 nitrogen and oxygen atoms in total. The number of rotatable bonds is 3. The zero-order valence-corrected chi connectivity index (χ0v) is 17.6. The zero-order chi connectivity index (χ0) is 20.5. The molecule has 152 valence electrons. The van der Waals surface area contributed by atoms with E-state index >= 15 is 0 Å². The first-order valence-corrected chi connectivity index (χ1v) is 10.4. The maximum absolute atomic E-state index is 13.9. The van der Waals surface area contributed by atoms with Gasteiger partial charge in [-0.2, -0.15) is 0 Å². The highest BCUT2D eigenvalue weighted by molar-refractivity contribution is 7.20. The van der Waals surface area contributed by atoms with Crippen LogP contribution in [0.25, 0.3) is 10.1 Å². The van der Waals surface area contributed by atoms with Crippen molar-refractivity contribution in [2.45, 2.75) is 39.2 Å². The lowest BCUT2D eigenvalue weighted by Gasteiger charge is -2.35. The molecule has 1 aliphatic rings. The summed E-state index contributed by atoms with van der Waals surface area (Å²) in [6.45, 7) is 7.33. The number of piperidine rings is 1. The predicted molar refractivity (Wildman–Crippen MR) is 109 cm³/mol. The maximum Gasteiger partial charge on any atom is 0.410 e. The third kappa shape index (κ3) is 4.82. The SMILES string of the molecule is CN(CC1CCCN(C(=O)c2cc3c(F)cccc3s2)C1)C(=O)OC(C)(C)C. The lowest BCUT2D eigenvalue weighted by atomic mass is 9.97. The summed E-state index contributed by atoms with van der Waals surface area (Å²) in [5, 5.41) is 0.495. The quantitative estimate of drug-likeness (QED) is 0.738. The van der Waals surface area contributed by atoms with Crippen LogP contribution >= 0.6 is 11.3 Å². The van der Waals surface area contributed by atoms with Crippen LogP contribution in [0.2, 0.25) is 0 Å². The molecule has 0 saturated carbocycles. The molecule has 1 aromatic heterocycles. The highest BCUT2D eigenvalue weighted by Gasteiger charge is 2.28. The lowest BCUT2D eigenvalue weighted by molar-refractivity contribution is 0.0244. The first-order chi connectivity index (χ1) is 13.1. The number of thiophene rings is 1. The molecule has 2 aromatic rings. The molecule has 2 amide bonds. The average molecular weight is 407 g/mol. The Hall–Kier alpha value is -2.15. The molecule has 3 rings (SSSR count). The van der Waals surface area contributed by atoms with Crippen molar-refractivity contribution in [2.75, 3.05) is 26.7 Å². The number of halogens is 1. The van der Waals surface area contributed by atoms with Crippen LogP contribution in [-0.2, 0) is 4.74 Å². The average Bonchev–Trinajstić information content (AvgIpc) is 3.05. The number of hydrogen-bond donors (Lipinski definition) is 0. The highest BCUT2D eigenvalue weighted by Crippen LogP contribution is 2.29. The van der Waals surface area contributed by atoms with E-state index in [1.807, 2.05) is 31.7 Å². The normalized spacial score (nSPS) is 17.6. The van der Waals surface area contributed by atoms with E-state index in [0.717, 1.165) is 17.5 Å². The van der Waals surface area contributed by atoms with Gasteiger partial charge < -0.3 is 14.5 Å². The third-order valence-corrected chi connectivity index (χ3v) is 5.85. The van der Waals surface area contributed by atoms with Gasteiger partial charge in [0.15, 0.2) is 0 Å². The van der Waals surface area contributed by atoms with Gasteiger partial charge in [-0.25, -0.2) is 9.18 Å². The number of nitrogens with zero attached hydrogens (tertiary/aromatic N) is 2. The summed E-state index contributed by atoms with van der Waals surface area (Å²) in [5.41, 5.74) is -0.531. The Balaban J connectivity index is 1.64. The fraction of sp³-hybridized carbons (Fsp3) is 0.524. The largest absolute Gasteiger partial charge is 0.444 e. The number of ether oxygens (including phenoxy) is 1. The number of fused-ring (bicyclic) bond motifs is 1. The third-order valence-electron chi connectivity index (χ3n) is 4.76. The Labute approximate surface area is 169 Å². The van der Waals surface area contributed by atoms with Gasteiger partial charge in [0.05, 0.1) is 4.88 Å². The van der Waals surface area contributed by atoms with Crippen LogP contribution < -0.4 is 0 Å². The summed E-state index contributed by atoms with van der Waals surface area (Å²) in [4.78, 5) is 29.1. The van der Waals surface area contributed by atoms with Crippen LogP contribution in [-0.4, -0.2) is 54.1 Å². The molecule has 1 fully saturated rings. The van der Waals surface area contributed by atoms with Gasteiger partial charge in [-0.3, -0.25) is 4.79 Å². The Bertz CT molecular complexity index is 874. The minimum atomic E-state index is -0.531. The van der Waals surface area contributed by atoms with E-state index in [0.29, 0.717) is 29.9 Å². The summed E-state index contributed by atoms with van der Waals surface area (Å²) in [6.07, 6.45) is 1.49. The van der Waals surface area contributed by atoms with Crippen molar-refractivity contribution in [1.29, 1.82) is 0 Å². The van der Waals surface area contributed by atoms with Gasteiger partial charge >= 0.3 is 6.09 Å². The van der Waals surface area contributed by atoms with Crippen molar-refractivity contribution in [1.82, 2.24) is 9.80 Å². The number of amides is 2. The second-order valence-corrected chi connectivity index (χ2v) is 9.47. The van der Waals surface area contributed by atoms with Gasteiger partial charge in [-0.15, -0.1) is 11.3 Å². The minimum absolute atomic E-state index is 0.0646. The van der Waals surface area contributed by atoms with Gasteiger partial charge in [-0.1, -0.05) is 6.07 Å². The molecule has 0 radical (unpaired) electrons. The van der Waals surface area contributed by atoms with Crippen molar-refractivity contribution in [3.8, 4) is 0 Å². The van der Waals surface area contributed by atoms with Crippen LogP contribution in [0.1, 0.15) is 43.3 Å². The summed E-state index contributed by atoms with van der Waals surface area (Å²) < 4.78 is 20.1. The summed E-state index contributed by atoms with van der Waals surface area (Å²) >= 11 is 1.32. The predicted octanol–water partition coefficient (Wildman–Crippen LogP) is 4.76. The molecular weight excluding hydrogens is 379 g/mol. The molecule has 1 unspecified atom stereocenters. The van der Waals surface area contributed by atoms with Crippen molar-refractivity contribution in [3.63, 3.8) is 0 Å². The van der Waals surface area contributed by atoms with Crippen molar-refractivity contribution >= 4 is 33.4 Å². The number of carbonyl (C=O) groups excluding carboxylic acids is 2. The topological polar surface area (TPSA) is 49.9 Å². The number of hydrogen-bond acceptors (Lipinski definition) is 4. The van der Waals surface area contributed by atoms with E-state index in [1.54, 1.807) is 24.1 Å². The smallest absolute Gasteiger partial charge is 0.410 e. The van der Waals surface area contributed by atoms with E-state index in [-0.39, 0.29) is 23.7 Å². The Morgan fingerprint density at radius 1 is 1.36 bits per heavy atom. The fourth-order valence-corrected chi connectivity index (χ4v) is 4.53. The van der Waals surface area contributed by atoms with E-state index < -0.39 is 5.60 Å². The molecule has 2 heterocycles. The van der Waals surface area contributed by atoms with Gasteiger partial charge in [0.1, 0.15) is 11.4 Å². The van der Waals surface area contributed by atoms with E-state index in [1.165, 1.54) is 17.4 Å². The van der Waals surface area contributed by atoms with E-state index in [4.69, 9.17) is 4.74 Å². The maximum atomic E-state index is 13.9. The Kier molecular flexibility index (Phi) is 5.93. The molecule has 0 spiro atoms. The van der Waals surface area contributed by atoms with Crippen LogP contribution in [0.4, 0.5) is 9.18 Å². The molecular formula is C21H27FN2O3S. The first-order valence-electron chi connectivity index (χ1n) is 9.55. The fourth-order valence-electron chi connectivity index (χ4n) is 3.49. The van der Waals surface area contributed by atoms with Gasteiger partial charge in [-0.05, 0) is 57.7 Å². The Morgan fingerprint density at radius 2 is 2.11 bits per heavy atom. The van der Waals surface area contributed by atoms with Crippen molar-refractivity contribution < 1.29 is 18.7 Å². The summed E-state index contributed by atoms with van der Waals surface area (Å²) in [5.74, 6) is -0.171. The molecule has 28 heavy (non-hydrogen) atoms. The summed E-state index contributed by atoms with van der Waals surface area (Å²) in [6, 6.07) is 6.54.